The first-order valence-corrected chi connectivity index (χ1v) is 5.68. The zero-order valence-electron chi connectivity index (χ0n) is 10.6. The second-order valence-electron chi connectivity index (χ2n) is 4.18. The third kappa shape index (κ3) is 2.17. The predicted octanol–water partition coefficient (Wildman–Crippen LogP) is 1.26. The van der Waals surface area contributed by atoms with Gasteiger partial charge in [-0.2, -0.15) is 5.26 Å². The molecule has 5 nitrogen and oxygen atoms in total. The van der Waals surface area contributed by atoms with Crippen molar-refractivity contribution in [2.24, 2.45) is 5.73 Å². The van der Waals surface area contributed by atoms with Gasteiger partial charge in [0.25, 0.3) is 11.5 Å². The molecule has 2 aromatic rings. The van der Waals surface area contributed by atoms with Gasteiger partial charge in [0.2, 0.25) is 0 Å². The fourth-order valence-corrected chi connectivity index (χ4v) is 1.90. The number of aromatic nitrogens is 1. The zero-order valence-corrected chi connectivity index (χ0v) is 10.6. The van der Waals surface area contributed by atoms with Crippen LogP contribution in [0, 0.1) is 24.1 Å². The smallest absolute Gasteiger partial charge is 0.269 e. The maximum Gasteiger partial charge on any atom is 0.269 e. The van der Waals surface area contributed by atoms with Crippen molar-refractivity contribution in [1.29, 1.82) is 5.26 Å². The highest BCUT2D eigenvalue weighted by Gasteiger charge is 2.16. The van der Waals surface area contributed by atoms with Crippen molar-refractivity contribution >= 4 is 5.91 Å². The van der Waals surface area contributed by atoms with Crippen molar-refractivity contribution in [2.75, 3.05) is 0 Å². The Morgan fingerprint density at radius 3 is 2.45 bits per heavy atom. The summed E-state index contributed by atoms with van der Waals surface area (Å²) in [5.74, 6) is -1.35. The number of nitriles is 1. The number of pyridine rings is 1. The molecule has 0 fully saturated rings. The number of hydrogen-bond donors (Lipinski definition) is 1. The van der Waals surface area contributed by atoms with E-state index in [0.717, 1.165) is 16.7 Å². The summed E-state index contributed by atoms with van der Waals surface area (Å²) < 4.78 is 14.0. The van der Waals surface area contributed by atoms with Gasteiger partial charge in [0.1, 0.15) is 23.1 Å². The molecule has 6 heteroatoms. The molecule has 100 valence electrons. The summed E-state index contributed by atoms with van der Waals surface area (Å²) >= 11 is 0. The number of primary amides is 1. The Morgan fingerprint density at radius 1 is 1.35 bits per heavy atom. The Morgan fingerprint density at radius 2 is 1.95 bits per heavy atom. The summed E-state index contributed by atoms with van der Waals surface area (Å²) in [6.45, 7) is 1.59. The van der Waals surface area contributed by atoms with Crippen LogP contribution < -0.4 is 11.3 Å². The van der Waals surface area contributed by atoms with Crippen molar-refractivity contribution in [3.05, 3.63) is 63.3 Å². The number of nitrogens with zero attached hydrogens (tertiary/aromatic N) is 2. The third-order valence-corrected chi connectivity index (χ3v) is 2.85. The van der Waals surface area contributed by atoms with Crippen LogP contribution in [0.4, 0.5) is 4.39 Å². The van der Waals surface area contributed by atoms with E-state index in [4.69, 9.17) is 11.0 Å². The second-order valence-corrected chi connectivity index (χ2v) is 4.18. The molecule has 2 rings (SSSR count). The lowest BCUT2D eigenvalue weighted by atomic mass is 10.1. The van der Waals surface area contributed by atoms with Crippen LogP contribution in [-0.2, 0) is 0 Å². The third-order valence-electron chi connectivity index (χ3n) is 2.85. The molecule has 0 saturated carbocycles. The zero-order chi connectivity index (χ0) is 14.9. The first-order valence-electron chi connectivity index (χ1n) is 5.68. The van der Waals surface area contributed by atoms with Crippen LogP contribution in [0.1, 0.15) is 21.6 Å². The first kappa shape index (κ1) is 13.5. The van der Waals surface area contributed by atoms with Gasteiger partial charge in [-0.1, -0.05) is 0 Å². The lowest BCUT2D eigenvalue weighted by molar-refractivity contribution is 0.0998. The van der Waals surface area contributed by atoms with Crippen LogP contribution in [0.15, 0.2) is 35.1 Å². The second kappa shape index (κ2) is 4.97. The normalized spacial score (nSPS) is 10.1. The van der Waals surface area contributed by atoms with Crippen LogP contribution in [0.25, 0.3) is 5.69 Å². The maximum atomic E-state index is 12.9. The number of carbonyl (C=O) groups is 1. The summed E-state index contributed by atoms with van der Waals surface area (Å²) in [5.41, 5.74) is 5.03. The van der Waals surface area contributed by atoms with Gasteiger partial charge in [-0.05, 0) is 42.8 Å². The van der Waals surface area contributed by atoms with Gasteiger partial charge < -0.3 is 5.73 Å². The summed E-state index contributed by atoms with van der Waals surface area (Å²) in [7, 11) is 0. The van der Waals surface area contributed by atoms with Gasteiger partial charge in [-0.15, -0.1) is 0 Å². The minimum absolute atomic E-state index is 0.0756. The molecule has 1 aromatic heterocycles. The summed E-state index contributed by atoms with van der Waals surface area (Å²) in [6, 6.07) is 8.20. The van der Waals surface area contributed by atoms with Crippen molar-refractivity contribution in [1.82, 2.24) is 4.57 Å². The quantitative estimate of drug-likeness (QED) is 0.891. The Kier molecular flexibility index (Phi) is 3.36. The predicted molar refractivity (Wildman–Crippen MR) is 70.0 cm³/mol. The molecule has 0 bridgehead atoms. The van der Waals surface area contributed by atoms with Gasteiger partial charge in [0.15, 0.2) is 0 Å². The molecule has 0 spiro atoms. The Balaban J connectivity index is 2.86. The Hall–Kier alpha value is -2.94. The van der Waals surface area contributed by atoms with Crippen LogP contribution in [-0.4, -0.2) is 10.5 Å². The van der Waals surface area contributed by atoms with Crippen LogP contribution >= 0.6 is 0 Å². The van der Waals surface area contributed by atoms with Crippen LogP contribution in [0.2, 0.25) is 0 Å². The summed E-state index contributed by atoms with van der Waals surface area (Å²) in [6.07, 6.45) is 0. The van der Waals surface area contributed by atoms with Crippen molar-refractivity contribution in [3.63, 3.8) is 0 Å². The van der Waals surface area contributed by atoms with E-state index in [9.17, 15) is 14.0 Å². The molecule has 2 N–H and O–H groups in total. The number of amides is 1. The molecular formula is C14H10FN3O2. The van der Waals surface area contributed by atoms with Crippen LogP contribution in [0.3, 0.4) is 0 Å². The highest BCUT2D eigenvalue weighted by atomic mass is 19.1. The SMILES string of the molecule is Cc1cc(C(N)=O)c(=O)n(-c2ccc(F)cc2)c1C#N. The van der Waals surface area contributed by atoms with E-state index in [1.165, 1.54) is 18.2 Å². The average Bonchev–Trinajstić information content (AvgIpc) is 2.41. The molecule has 20 heavy (non-hydrogen) atoms. The number of hydrogen-bond acceptors (Lipinski definition) is 3. The molecule has 1 amide bonds. The molecule has 0 aliphatic rings. The van der Waals surface area contributed by atoms with E-state index in [0.29, 0.717) is 11.3 Å². The van der Waals surface area contributed by atoms with Crippen molar-refractivity contribution in [3.8, 4) is 11.8 Å². The largest absolute Gasteiger partial charge is 0.365 e. The number of rotatable bonds is 2. The van der Waals surface area contributed by atoms with Gasteiger partial charge in [0, 0.05) is 0 Å². The molecule has 1 heterocycles. The minimum atomic E-state index is -0.876. The molecule has 0 saturated heterocycles. The molecular weight excluding hydrogens is 261 g/mol. The standard InChI is InChI=1S/C14H10FN3O2/c1-8-6-11(13(17)19)14(20)18(12(8)7-16)10-4-2-9(15)3-5-10/h2-6H,1H3,(H2,17,19). The number of benzene rings is 1. The van der Waals surface area contributed by atoms with Crippen molar-refractivity contribution in [2.45, 2.75) is 6.92 Å². The topological polar surface area (TPSA) is 88.9 Å². The van der Waals surface area contributed by atoms with Crippen molar-refractivity contribution < 1.29 is 9.18 Å². The van der Waals surface area contributed by atoms with E-state index in [-0.39, 0.29) is 11.3 Å². The Bertz CT molecular complexity index is 786. The van der Waals surface area contributed by atoms with E-state index < -0.39 is 17.3 Å². The highest BCUT2D eigenvalue weighted by Crippen LogP contribution is 2.14. The summed E-state index contributed by atoms with van der Waals surface area (Å²) in [4.78, 5) is 23.5. The lowest BCUT2D eigenvalue weighted by Crippen LogP contribution is -2.30. The fraction of sp³-hybridized carbons (Fsp3) is 0.0714. The average molecular weight is 271 g/mol. The number of nitrogens with two attached hydrogens (primary N) is 1. The van der Waals surface area contributed by atoms with Gasteiger partial charge in [-0.25, -0.2) is 4.39 Å². The summed E-state index contributed by atoms with van der Waals surface area (Å²) in [5, 5.41) is 9.17. The maximum absolute atomic E-state index is 12.9. The Labute approximate surface area is 113 Å². The van der Waals surface area contributed by atoms with E-state index in [1.807, 2.05) is 6.07 Å². The lowest BCUT2D eigenvalue weighted by Gasteiger charge is -2.12. The first-order chi connectivity index (χ1) is 9.45. The number of aryl methyl sites for hydroxylation is 1. The minimum Gasteiger partial charge on any atom is -0.365 e. The fourth-order valence-electron chi connectivity index (χ4n) is 1.90. The van der Waals surface area contributed by atoms with E-state index in [1.54, 1.807) is 6.92 Å². The number of halogens is 1. The monoisotopic (exact) mass is 271 g/mol. The van der Waals surface area contributed by atoms with E-state index >= 15 is 0 Å². The number of carbonyl (C=O) groups excluding carboxylic acids is 1. The van der Waals surface area contributed by atoms with Gasteiger partial charge in [0.05, 0.1) is 5.69 Å². The van der Waals surface area contributed by atoms with Gasteiger partial charge in [-0.3, -0.25) is 14.2 Å². The van der Waals surface area contributed by atoms with Gasteiger partial charge >= 0.3 is 0 Å². The van der Waals surface area contributed by atoms with Crippen LogP contribution in [0.5, 0.6) is 0 Å². The molecule has 0 radical (unpaired) electrons. The molecule has 0 atom stereocenters. The molecule has 0 unspecified atom stereocenters. The highest BCUT2D eigenvalue weighted by molar-refractivity contribution is 5.92. The molecule has 1 aromatic carbocycles. The molecule has 0 aliphatic heterocycles. The van der Waals surface area contributed by atoms with E-state index in [2.05, 4.69) is 0 Å². The molecule has 0 aliphatic carbocycles.